The Hall–Kier alpha value is -3.09. The van der Waals surface area contributed by atoms with E-state index in [-0.39, 0.29) is 39.6 Å². The van der Waals surface area contributed by atoms with Gasteiger partial charge in [-0.05, 0) is 18.2 Å². The number of rotatable bonds is 5. The number of hydrogen-bond donors (Lipinski definition) is 2. The van der Waals surface area contributed by atoms with Crippen LogP contribution in [0.5, 0.6) is 5.75 Å². The fourth-order valence-corrected chi connectivity index (χ4v) is 4.36. The van der Waals surface area contributed by atoms with E-state index in [0.29, 0.717) is 26.3 Å². The maximum Gasteiger partial charge on any atom is 0.354 e. The van der Waals surface area contributed by atoms with Crippen LogP contribution >= 0.6 is 0 Å². The van der Waals surface area contributed by atoms with Gasteiger partial charge < -0.3 is 14.9 Å². The molecule has 2 N–H and O–H groups in total. The lowest BCUT2D eigenvalue weighted by Crippen LogP contribution is -2.37. The summed E-state index contributed by atoms with van der Waals surface area (Å²) in [6.07, 6.45) is 0.965. The van der Waals surface area contributed by atoms with Crippen LogP contribution in [0.15, 0.2) is 29.2 Å². The molecule has 1 aliphatic rings. The number of carbonyl (C=O) groups is 1. The van der Waals surface area contributed by atoms with E-state index < -0.39 is 27.3 Å². The largest absolute Gasteiger partial charge is 0.508 e. The summed E-state index contributed by atoms with van der Waals surface area (Å²) in [5, 5.41) is 23.7. The van der Waals surface area contributed by atoms with Crippen LogP contribution in [0.4, 0.5) is 4.39 Å². The molecule has 0 spiro atoms. The number of aromatic nitrogens is 3. The van der Waals surface area contributed by atoms with Crippen molar-refractivity contribution in [1.82, 2.24) is 19.7 Å². The summed E-state index contributed by atoms with van der Waals surface area (Å²) in [6, 6.07) is 4.26. The van der Waals surface area contributed by atoms with Gasteiger partial charge in [0.15, 0.2) is 9.84 Å². The van der Waals surface area contributed by atoms with Gasteiger partial charge in [0.2, 0.25) is 0 Å². The Balaban J connectivity index is 2.02. The summed E-state index contributed by atoms with van der Waals surface area (Å²) in [6.45, 7) is 2.38. The Kier molecular flexibility index (Phi) is 5.37. The molecule has 0 atom stereocenters. The quantitative estimate of drug-likeness (QED) is 0.590. The second kappa shape index (κ2) is 7.87. The molecule has 164 valence electrons. The molecule has 12 heteroatoms. The number of halogens is 1. The number of fused-ring (bicyclic) bond motifs is 1. The third-order valence-corrected chi connectivity index (χ3v) is 5.98. The summed E-state index contributed by atoms with van der Waals surface area (Å²) < 4.78 is 45.7. The molecule has 1 saturated heterocycles. The number of phenolic OH excluding ortho intramolecular Hbond substituents is 1. The molecule has 10 nitrogen and oxygen atoms in total. The van der Waals surface area contributed by atoms with Gasteiger partial charge in [0, 0.05) is 31.0 Å². The maximum atomic E-state index is 13.9. The minimum atomic E-state index is -3.86. The van der Waals surface area contributed by atoms with E-state index in [1.165, 1.54) is 10.7 Å². The molecule has 3 heterocycles. The Labute approximate surface area is 176 Å². The van der Waals surface area contributed by atoms with Gasteiger partial charge in [-0.2, -0.15) is 5.10 Å². The molecule has 4 rings (SSSR count). The molecular weight excluding hydrogens is 431 g/mol. The molecule has 2 aromatic heterocycles. The number of aromatic hydroxyl groups is 1. The van der Waals surface area contributed by atoms with Crippen molar-refractivity contribution in [1.29, 1.82) is 0 Å². The number of benzene rings is 1. The Morgan fingerprint density at radius 3 is 2.55 bits per heavy atom. The number of ether oxygens (including phenoxy) is 1. The van der Waals surface area contributed by atoms with Gasteiger partial charge in [0.1, 0.15) is 34.0 Å². The van der Waals surface area contributed by atoms with E-state index in [4.69, 9.17) is 4.74 Å². The first-order chi connectivity index (χ1) is 14.6. The van der Waals surface area contributed by atoms with Gasteiger partial charge >= 0.3 is 5.97 Å². The lowest BCUT2D eigenvalue weighted by Gasteiger charge is -2.26. The molecule has 0 radical (unpaired) electrons. The lowest BCUT2D eigenvalue weighted by atomic mass is 10.1. The minimum absolute atomic E-state index is 0.0152. The smallest absolute Gasteiger partial charge is 0.354 e. The standard InChI is InChI=1S/C19H19FN4O6S/c1-31(28,29)15-9-14(19(26)27)21-17-16(11-6-12(20)8-13(25)7-11)22-24(18(15)17)10-23-2-4-30-5-3-23/h6-9,25H,2-5,10H2,1H3,(H,26,27). The molecule has 31 heavy (non-hydrogen) atoms. The number of phenols is 1. The van der Waals surface area contributed by atoms with Crippen LogP contribution in [0.1, 0.15) is 10.5 Å². The maximum absolute atomic E-state index is 13.9. The van der Waals surface area contributed by atoms with Gasteiger partial charge in [-0.1, -0.05) is 0 Å². The van der Waals surface area contributed by atoms with Gasteiger partial charge in [0.25, 0.3) is 0 Å². The summed E-state index contributed by atoms with van der Waals surface area (Å²) in [5.74, 6) is -2.51. The number of hydrogen-bond acceptors (Lipinski definition) is 8. The molecule has 1 fully saturated rings. The van der Waals surface area contributed by atoms with Crippen molar-refractivity contribution in [2.24, 2.45) is 0 Å². The Morgan fingerprint density at radius 2 is 1.94 bits per heavy atom. The van der Waals surface area contributed by atoms with Gasteiger partial charge in [-0.3, -0.25) is 4.90 Å². The van der Waals surface area contributed by atoms with E-state index in [9.17, 15) is 27.8 Å². The minimum Gasteiger partial charge on any atom is -0.508 e. The van der Waals surface area contributed by atoms with E-state index in [1.807, 2.05) is 4.90 Å². The molecule has 0 aliphatic carbocycles. The van der Waals surface area contributed by atoms with Crippen molar-refractivity contribution >= 4 is 26.8 Å². The number of carboxylic acids is 1. The number of carboxylic acid groups (broad SMARTS) is 1. The third kappa shape index (κ3) is 4.22. The summed E-state index contributed by atoms with van der Waals surface area (Å²) in [5.41, 5.74) is -0.194. The summed E-state index contributed by atoms with van der Waals surface area (Å²) in [7, 11) is -3.86. The van der Waals surface area contributed by atoms with Crippen LogP contribution in [-0.2, 0) is 21.2 Å². The highest BCUT2D eigenvalue weighted by atomic mass is 32.2. The molecule has 0 saturated carbocycles. The highest BCUT2D eigenvalue weighted by molar-refractivity contribution is 7.91. The van der Waals surface area contributed by atoms with Crippen molar-refractivity contribution in [2.45, 2.75) is 11.6 Å². The van der Waals surface area contributed by atoms with Crippen LogP contribution in [0.2, 0.25) is 0 Å². The van der Waals surface area contributed by atoms with Crippen molar-refractivity contribution in [3.8, 4) is 17.0 Å². The normalized spacial score (nSPS) is 15.4. The predicted molar refractivity (Wildman–Crippen MR) is 107 cm³/mol. The number of sulfone groups is 1. The average molecular weight is 450 g/mol. The zero-order chi connectivity index (χ0) is 22.3. The molecule has 3 aromatic rings. The fraction of sp³-hybridized carbons (Fsp3) is 0.316. The Morgan fingerprint density at radius 1 is 1.23 bits per heavy atom. The molecular formula is C19H19FN4O6S. The van der Waals surface area contributed by atoms with Crippen LogP contribution in [0.3, 0.4) is 0 Å². The van der Waals surface area contributed by atoms with E-state index in [0.717, 1.165) is 24.5 Å². The Bertz CT molecular complexity index is 1260. The first-order valence-corrected chi connectivity index (χ1v) is 11.2. The van der Waals surface area contributed by atoms with Crippen molar-refractivity contribution < 1.29 is 32.6 Å². The third-order valence-electron chi connectivity index (χ3n) is 4.87. The van der Waals surface area contributed by atoms with Crippen molar-refractivity contribution in [3.05, 3.63) is 35.8 Å². The van der Waals surface area contributed by atoms with Gasteiger partial charge in [-0.25, -0.2) is 27.3 Å². The van der Waals surface area contributed by atoms with E-state index in [2.05, 4.69) is 10.1 Å². The first-order valence-electron chi connectivity index (χ1n) is 9.28. The van der Waals surface area contributed by atoms with Crippen molar-refractivity contribution in [3.63, 3.8) is 0 Å². The summed E-state index contributed by atoms with van der Waals surface area (Å²) in [4.78, 5) is 17.4. The second-order valence-electron chi connectivity index (χ2n) is 7.20. The number of aromatic carboxylic acids is 1. The summed E-state index contributed by atoms with van der Waals surface area (Å²) >= 11 is 0. The van der Waals surface area contributed by atoms with Crippen LogP contribution < -0.4 is 0 Å². The second-order valence-corrected chi connectivity index (χ2v) is 9.18. The molecule has 0 bridgehead atoms. The predicted octanol–water partition coefficient (Wildman–Crippen LogP) is 1.33. The van der Waals surface area contributed by atoms with Gasteiger partial charge in [-0.15, -0.1) is 0 Å². The average Bonchev–Trinajstić information content (AvgIpc) is 3.05. The molecule has 0 amide bonds. The van der Waals surface area contributed by atoms with Crippen LogP contribution in [-0.4, -0.2) is 76.8 Å². The molecule has 1 aromatic carbocycles. The fourth-order valence-electron chi connectivity index (χ4n) is 3.48. The van der Waals surface area contributed by atoms with Gasteiger partial charge in [0.05, 0.1) is 24.8 Å². The number of pyridine rings is 1. The lowest BCUT2D eigenvalue weighted by molar-refractivity contribution is 0.0221. The number of nitrogens with zero attached hydrogens (tertiary/aromatic N) is 4. The van der Waals surface area contributed by atoms with Crippen LogP contribution in [0.25, 0.3) is 22.3 Å². The molecule has 1 aliphatic heterocycles. The SMILES string of the molecule is CS(=O)(=O)c1cc(C(=O)O)nc2c(-c3cc(O)cc(F)c3)nn(CN3CCOCC3)c12. The monoisotopic (exact) mass is 450 g/mol. The molecule has 0 unspecified atom stereocenters. The first kappa shape index (κ1) is 21.2. The topological polar surface area (TPSA) is 135 Å². The van der Waals surface area contributed by atoms with Crippen LogP contribution in [0, 0.1) is 5.82 Å². The highest BCUT2D eigenvalue weighted by Gasteiger charge is 2.26. The van der Waals surface area contributed by atoms with E-state index in [1.54, 1.807) is 0 Å². The number of morpholine rings is 1. The zero-order valence-corrected chi connectivity index (χ0v) is 17.3. The van der Waals surface area contributed by atoms with Crippen molar-refractivity contribution in [2.75, 3.05) is 32.6 Å². The van der Waals surface area contributed by atoms with E-state index >= 15 is 0 Å². The highest BCUT2D eigenvalue weighted by Crippen LogP contribution is 2.33. The zero-order valence-electron chi connectivity index (χ0n) is 16.4.